The van der Waals surface area contributed by atoms with Crippen molar-refractivity contribution in [3.8, 4) is 0 Å². The molecule has 0 aliphatic carbocycles. The SMILES string of the molecule is CNc1ccc(SNc2ccncn2)cc1. The minimum absolute atomic E-state index is 0.803. The normalized spacial score (nSPS) is 9.81. The first-order valence-electron chi connectivity index (χ1n) is 4.85. The summed E-state index contributed by atoms with van der Waals surface area (Å²) in [5, 5.41) is 3.08. The molecule has 4 nitrogen and oxygen atoms in total. The van der Waals surface area contributed by atoms with Crippen LogP contribution in [0.4, 0.5) is 11.5 Å². The Kier molecular flexibility index (Phi) is 3.61. The fourth-order valence-corrected chi connectivity index (χ4v) is 1.77. The number of hydrogen-bond donors (Lipinski definition) is 2. The van der Waals surface area contributed by atoms with E-state index in [-0.39, 0.29) is 0 Å². The van der Waals surface area contributed by atoms with E-state index < -0.39 is 0 Å². The van der Waals surface area contributed by atoms with Crippen molar-refractivity contribution in [3.63, 3.8) is 0 Å². The van der Waals surface area contributed by atoms with E-state index in [1.165, 1.54) is 18.3 Å². The largest absolute Gasteiger partial charge is 0.388 e. The molecule has 1 heterocycles. The summed E-state index contributed by atoms with van der Waals surface area (Å²) in [6, 6.07) is 9.98. The lowest BCUT2D eigenvalue weighted by Crippen LogP contribution is -1.91. The molecule has 0 saturated heterocycles. The monoisotopic (exact) mass is 232 g/mol. The Morgan fingerprint density at radius 1 is 1.12 bits per heavy atom. The number of anilines is 2. The number of aromatic nitrogens is 2. The molecule has 5 heteroatoms. The molecule has 0 atom stereocenters. The molecule has 2 N–H and O–H groups in total. The highest BCUT2D eigenvalue weighted by atomic mass is 32.2. The average molecular weight is 232 g/mol. The standard InChI is InChI=1S/C11H12N4S/c1-12-9-2-4-10(5-3-9)16-15-11-6-7-13-8-14-11/h2-8,12H,1H3,(H,13,14,15). The van der Waals surface area contributed by atoms with Crippen LogP contribution in [-0.2, 0) is 0 Å². The highest BCUT2D eigenvalue weighted by molar-refractivity contribution is 8.00. The lowest BCUT2D eigenvalue weighted by Gasteiger charge is -2.04. The van der Waals surface area contributed by atoms with Gasteiger partial charge in [0.05, 0.1) is 0 Å². The molecule has 2 aromatic rings. The third-order valence-corrected chi connectivity index (χ3v) is 2.82. The molecule has 2 rings (SSSR count). The molecule has 0 bridgehead atoms. The van der Waals surface area contributed by atoms with Gasteiger partial charge in [0.15, 0.2) is 0 Å². The van der Waals surface area contributed by atoms with Crippen LogP contribution in [0.5, 0.6) is 0 Å². The first-order chi connectivity index (χ1) is 7.88. The van der Waals surface area contributed by atoms with E-state index in [0.29, 0.717) is 0 Å². The fraction of sp³-hybridized carbons (Fsp3) is 0.0909. The van der Waals surface area contributed by atoms with Gasteiger partial charge >= 0.3 is 0 Å². The Morgan fingerprint density at radius 2 is 1.94 bits per heavy atom. The smallest absolute Gasteiger partial charge is 0.139 e. The molecule has 0 amide bonds. The summed E-state index contributed by atoms with van der Waals surface area (Å²) in [6.45, 7) is 0. The van der Waals surface area contributed by atoms with Crippen molar-refractivity contribution in [1.29, 1.82) is 0 Å². The van der Waals surface area contributed by atoms with Gasteiger partial charge in [-0.2, -0.15) is 0 Å². The van der Waals surface area contributed by atoms with Gasteiger partial charge < -0.3 is 10.0 Å². The number of nitrogens with one attached hydrogen (secondary N) is 2. The summed E-state index contributed by atoms with van der Waals surface area (Å²) in [5.41, 5.74) is 1.10. The third kappa shape index (κ3) is 2.87. The predicted molar refractivity (Wildman–Crippen MR) is 67.5 cm³/mol. The maximum atomic E-state index is 4.07. The van der Waals surface area contributed by atoms with Crippen LogP contribution >= 0.6 is 11.9 Å². The van der Waals surface area contributed by atoms with E-state index in [0.717, 1.165) is 16.4 Å². The summed E-state index contributed by atoms with van der Waals surface area (Å²) in [6.07, 6.45) is 3.23. The molecule has 1 aromatic heterocycles. The molecule has 0 aliphatic rings. The van der Waals surface area contributed by atoms with Crippen LogP contribution in [0.25, 0.3) is 0 Å². The van der Waals surface area contributed by atoms with E-state index in [1.54, 1.807) is 6.20 Å². The zero-order valence-corrected chi connectivity index (χ0v) is 9.66. The summed E-state index contributed by atoms with van der Waals surface area (Å²) >= 11 is 1.52. The van der Waals surface area contributed by atoms with Gasteiger partial charge in [-0.3, -0.25) is 0 Å². The van der Waals surface area contributed by atoms with E-state index in [1.807, 2.05) is 37.4 Å². The second kappa shape index (κ2) is 5.37. The summed E-state index contributed by atoms with van der Waals surface area (Å²) in [7, 11) is 1.90. The molecule has 82 valence electrons. The van der Waals surface area contributed by atoms with E-state index in [4.69, 9.17) is 0 Å². The van der Waals surface area contributed by atoms with Gasteiger partial charge in [-0.05, 0) is 42.3 Å². The van der Waals surface area contributed by atoms with Crippen molar-refractivity contribution in [2.75, 3.05) is 17.1 Å². The lowest BCUT2D eigenvalue weighted by molar-refractivity contribution is 1.18. The summed E-state index contributed by atoms with van der Waals surface area (Å²) in [4.78, 5) is 9.06. The average Bonchev–Trinajstić information content (AvgIpc) is 2.38. The van der Waals surface area contributed by atoms with Crippen LogP contribution < -0.4 is 10.0 Å². The highest BCUT2D eigenvalue weighted by Gasteiger charge is 1.95. The Balaban J connectivity index is 1.94. The number of nitrogens with zero attached hydrogens (tertiary/aromatic N) is 2. The van der Waals surface area contributed by atoms with Crippen molar-refractivity contribution in [3.05, 3.63) is 42.9 Å². The molecular formula is C11H12N4S. The zero-order valence-electron chi connectivity index (χ0n) is 8.84. The van der Waals surface area contributed by atoms with E-state index in [2.05, 4.69) is 20.0 Å². The van der Waals surface area contributed by atoms with Gasteiger partial charge in [0.2, 0.25) is 0 Å². The summed E-state index contributed by atoms with van der Waals surface area (Å²) < 4.78 is 3.14. The Hall–Kier alpha value is -1.75. The number of rotatable bonds is 4. The van der Waals surface area contributed by atoms with Gasteiger partial charge in [0.25, 0.3) is 0 Å². The maximum Gasteiger partial charge on any atom is 0.139 e. The molecule has 0 saturated carbocycles. The minimum Gasteiger partial charge on any atom is -0.388 e. The van der Waals surface area contributed by atoms with E-state index >= 15 is 0 Å². The molecule has 0 fully saturated rings. The number of benzene rings is 1. The van der Waals surface area contributed by atoms with Crippen LogP contribution in [0.1, 0.15) is 0 Å². The molecule has 0 spiro atoms. The summed E-state index contributed by atoms with van der Waals surface area (Å²) in [5.74, 6) is 0.803. The molecule has 1 aromatic carbocycles. The second-order valence-electron chi connectivity index (χ2n) is 3.07. The van der Waals surface area contributed by atoms with Crippen molar-refractivity contribution in [2.45, 2.75) is 4.90 Å². The molecule has 0 unspecified atom stereocenters. The van der Waals surface area contributed by atoms with Gasteiger partial charge in [-0.25, -0.2) is 9.97 Å². The third-order valence-electron chi connectivity index (χ3n) is 2.00. The van der Waals surface area contributed by atoms with Crippen LogP contribution in [0, 0.1) is 0 Å². The Morgan fingerprint density at radius 3 is 2.56 bits per heavy atom. The second-order valence-corrected chi connectivity index (χ2v) is 3.95. The first-order valence-corrected chi connectivity index (χ1v) is 5.67. The van der Waals surface area contributed by atoms with Gasteiger partial charge in [0, 0.05) is 23.8 Å². The van der Waals surface area contributed by atoms with Crippen molar-refractivity contribution in [1.82, 2.24) is 9.97 Å². The fourth-order valence-electron chi connectivity index (χ4n) is 1.15. The maximum absolute atomic E-state index is 4.07. The van der Waals surface area contributed by atoms with Crippen LogP contribution in [0.3, 0.4) is 0 Å². The molecular weight excluding hydrogens is 220 g/mol. The van der Waals surface area contributed by atoms with Crippen LogP contribution in [-0.4, -0.2) is 17.0 Å². The lowest BCUT2D eigenvalue weighted by atomic mass is 10.3. The Bertz CT molecular complexity index is 429. The number of hydrogen-bond acceptors (Lipinski definition) is 5. The quantitative estimate of drug-likeness (QED) is 0.794. The zero-order chi connectivity index (χ0) is 11.2. The minimum atomic E-state index is 0.803. The Labute approximate surface area is 98.7 Å². The van der Waals surface area contributed by atoms with E-state index in [9.17, 15) is 0 Å². The first kappa shape index (κ1) is 10.8. The van der Waals surface area contributed by atoms with Gasteiger partial charge in [-0.1, -0.05) is 0 Å². The van der Waals surface area contributed by atoms with Crippen molar-refractivity contribution in [2.24, 2.45) is 0 Å². The molecule has 16 heavy (non-hydrogen) atoms. The van der Waals surface area contributed by atoms with Crippen LogP contribution in [0.2, 0.25) is 0 Å². The van der Waals surface area contributed by atoms with Gasteiger partial charge in [-0.15, -0.1) is 0 Å². The van der Waals surface area contributed by atoms with Crippen molar-refractivity contribution >= 4 is 23.5 Å². The molecule has 0 radical (unpaired) electrons. The van der Waals surface area contributed by atoms with Crippen LogP contribution in [0.15, 0.2) is 47.8 Å². The predicted octanol–water partition coefficient (Wildman–Crippen LogP) is 2.64. The van der Waals surface area contributed by atoms with Crippen molar-refractivity contribution < 1.29 is 0 Å². The highest BCUT2D eigenvalue weighted by Crippen LogP contribution is 2.20. The molecule has 0 aliphatic heterocycles. The topological polar surface area (TPSA) is 49.8 Å². The van der Waals surface area contributed by atoms with Gasteiger partial charge in [0.1, 0.15) is 12.1 Å².